The van der Waals surface area contributed by atoms with Crippen LogP contribution in [0.3, 0.4) is 0 Å². The van der Waals surface area contributed by atoms with Crippen molar-refractivity contribution in [3.63, 3.8) is 0 Å². The second-order valence-corrected chi connectivity index (χ2v) is 7.09. The van der Waals surface area contributed by atoms with E-state index in [0.29, 0.717) is 29.2 Å². The number of nitrogens with one attached hydrogen (secondary N) is 1. The van der Waals surface area contributed by atoms with Crippen molar-refractivity contribution >= 4 is 23.6 Å². The lowest BCUT2D eigenvalue weighted by molar-refractivity contribution is -0.272. The molecule has 0 radical (unpaired) electrons. The Morgan fingerprint density at radius 1 is 1.19 bits per heavy atom. The molecule has 9 heteroatoms. The van der Waals surface area contributed by atoms with Gasteiger partial charge in [0, 0.05) is 17.4 Å². The molecule has 5 N–H and O–H groups in total. The molecule has 2 rings (SSSR count). The zero-order valence-electron chi connectivity index (χ0n) is 14.6. The van der Waals surface area contributed by atoms with Gasteiger partial charge < -0.3 is 34.7 Å². The lowest BCUT2D eigenvalue weighted by Crippen LogP contribution is -2.59. The molecule has 1 fully saturated rings. The van der Waals surface area contributed by atoms with Crippen LogP contribution in [-0.2, 0) is 9.53 Å². The van der Waals surface area contributed by atoms with Gasteiger partial charge in [-0.3, -0.25) is 4.79 Å². The van der Waals surface area contributed by atoms with E-state index >= 15 is 0 Å². The molecule has 1 amide bonds. The first kappa shape index (κ1) is 20.9. The predicted octanol–water partition coefficient (Wildman–Crippen LogP) is 1.06. The van der Waals surface area contributed by atoms with E-state index in [0.717, 1.165) is 0 Å². The monoisotopic (exact) mass is 387 g/mol. The number of hydrogen-bond donors (Lipinski definition) is 5. The van der Waals surface area contributed by atoms with Crippen molar-refractivity contribution in [1.29, 1.82) is 0 Å². The minimum absolute atomic E-state index is 0.105. The van der Waals surface area contributed by atoms with Crippen LogP contribution in [-0.4, -0.2) is 62.2 Å². The molecule has 1 heterocycles. The van der Waals surface area contributed by atoms with Gasteiger partial charge in [-0.05, 0) is 42.7 Å². The summed E-state index contributed by atoms with van der Waals surface area (Å²) in [5.74, 6) is 0.433. The van der Waals surface area contributed by atoms with E-state index in [2.05, 4.69) is 5.32 Å². The Morgan fingerprint density at radius 2 is 1.85 bits per heavy atom. The molecule has 1 aromatic rings. The molecule has 0 saturated carbocycles. The minimum atomic E-state index is -1.43. The molecule has 8 nitrogen and oxygen atoms in total. The topological polar surface area (TPSA) is 128 Å². The summed E-state index contributed by atoms with van der Waals surface area (Å²) in [7, 11) is 0. The maximum atomic E-state index is 11.7. The van der Waals surface area contributed by atoms with E-state index in [4.69, 9.17) is 14.0 Å². The molecule has 1 aliphatic heterocycles. The number of aliphatic hydroxyl groups is 3. The van der Waals surface area contributed by atoms with Gasteiger partial charge in [-0.15, -0.1) is 0 Å². The van der Waals surface area contributed by atoms with Crippen molar-refractivity contribution in [2.24, 2.45) is 5.92 Å². The van der Waals surface area contributed by atoms with Crippen LogP contribution in [0.1, 0.15) is 20.3 Å². The third kappa shape index (κ3) is 5.32. The molecule has 26 heavy (non-hydrogen) atoms. The summed E-state index contributed by atoms with van der Waals surface area (Å²) in [6.07, 6.45) is -5.78. The zero-order chi connectivity index (χ0) is 19.3. The molecule has 1 saturated heterocycles. The van der Waals surface area contributed by atoms with E-state index in [1.807, 2.05) is 0 Å². The van der Waals surface area contributed by atoms with Crippen molar-refractivity contribution in [3.05, 3.63) is 24.3 Å². The highest BCUT2D eigenvalue weighted by Crippen LogP contribution is 2.27. The maximum absolute atomic E-state index is 11.7. The molecular formula is C17H25NO7S. The Hall–Kier alpha value is -1.36. The van der Waals surface area contributed by atoms with Gasteiger partial charge >= 0.3 is 0 Å². The Labute approximate surface area is 156 Å². The highest BCUT2D eigenvalue weighted by molar-refractivity contribution is 7.93. The average Bonchev–Trinajstić information content (AvgIpc) is 2.62. The second kappa shape index (κ2) is 9.54. The number of anilines is 1. The molecule has 0 aromatic heterocycles. The molecule has 3 unspecified atom stereocenters. The van der Waals surface area contributed by atoms with Gasteiger partial charge in [-0.1, -0.05) is 13.8 Å². The Bertz CT molecular complexity index is 583. The SMILES string of the molecule is CC(C)C(=O)Nc1ccc(O[C@H]2OC(CCSO)[C@@H](O)C(O)C2O)cc1. The first-order valence-corrected chi connectivity index (χ1v) is 9.31. The standard InChI is InChI=1S/C17H25NO7S/c1-9(2)16(22)18-10-3-5-11(6-4-10)24-17-15(21)14(20)13(19)12(25-17)7-8-26-23/h3-6,9,12-15,17,19-21,23H,7-8H2,1-2H3,(H,18,22)/t12?,13-,14?,15?,17+/m1/s1. The number of amides is 1. The largest absolute Gasteiger partial charge is 0.462 e. The number of hydrogen-bond acceptors (Lipinski definition) is 8. The maximum Gasteiger partial charge on any atom is 0.229 e. The number of benzene rings is 1. The van der Waals surface area contributed by atoms with Crippen LogP contribution in [0.5, 0.6) is 5.75 Å². The second-order valence-electron chi connectivity index (χ2n) is 6.42. The van der Waals surface area contributed by atoms with Crippen molar-refractivity contribution < 1.29 is 34.1 Å². The van der Waals surface area contributed by atoms with Crippen LogP contribution in [0.4, 0.5) is 5.69 Å². The molecule has 5 atom stereocenters. The normalized spacial score (nSPS) is 28.8. The van der Waals surface area contributed by atoms with E-state index in [-0.39, 0.29) is 18.2 Å². The van der Waals surface area contributed by atoms with Crippen LogP contribution >= 0.6 is 12.0 Å². The predicted molar refractivity (Wildman–Crippen MR) is 96.9 cm³/mol. The van der Waals surface area contributed by atoms with Gasteiger partial charge in [-0.2, -0.15) is 0 Å². The van der Waals surface area contributed by atoms with Gasteiger partial charge in [0.05, 0.1) is 6.10 Å². The average molecular weight is 387 g/mol. The zero-order valence-corrected chi connectivity index (χ0v) is 15.4. The quantitative estimate of drug-likeness (QED) is 0.440. The first-order valence-electron chi connectivity index (χ1n) is 8.37. The molecule has 0 bridgehead atoms. The fourth-order valence-electron chi connectivity index (χ4n) is 2.46. The molecule has 1 aromatic carbocycles. The number of aliphatic hydroxyl groups excluding tert-OH is 3. The number of carbonyl (C=O) groups excluding carboxylic acids is 1. The third-order valence-corrected chi connectivity index (χ3v) is 4.48. The Kier molecular flexibility index (Phi) is 7.69. The van der Waals surface area contributed by atoms with Crippen LogP contribution in [0.2, 0.25) is 0 Å². The van der Waals surface area contributed by atoms with Crippen molar-refractivity contribution in [2.75, 3.05) is 11.1 Å². The van der Waals surface area contributed by atoms with Crippen LogP contribution < -0.4 is 10.1 Å². The number of rotatable bonds is 7. The number of carbonyl (C=O) groups is 1. The molecule has 1 aliphatic rings. The lowest BCUT2D eigenvalue weighted by Gasteiger charge is -2.40. The van der Waals surface area contributed by atoms with Gasteiger partial charge in [0.2, 0.25) is 12.2 Å². The van der Waals surface area contributed by atoms with Crippen LogP contribution in [0.15, 0.2) is 24.3 Å². The van der Waals surface area contributed by atoms with Crippen molar-refractivity contribution in [2.45, 2.75) is 51.0 Å². The summed E-state index contributed by atoms with van der Waals surface area (Å²) in [4.78, 5) is 11.7. The summed E-state index contributed by atoms with van der Waals surface area (Å²) in [5.41, 5.74) is 0.606. The van der Waals surface area contributed by atoms with Gasteiger partial charge in [-0.25, -0.2) is 0 Å². The highest BCUT2D eigenvalue weighted by Gasteiger charge is 2.44. The van der Waals surface area contributed by atoms with Crippen LogP contribution in [0, 0.1) is 5.92 Å². The number of ether oxygens (including phenoxy) is 2. The van der Waals surface area contributed by atoms with Gasteiger partial charge in [0.15, 0.2) is 0 Å². The fourth-order valence-corrected chi connectivity index (χ4v) is 2.80. The first-order chi connectivity index (χ1) is 12.3. The van der Waals surface area contributed by atoms with E-state index < -0.39 is 30.7 Å². The summed E-state index contributed by atoms with van der Waals surface area (Å²) in [6, 6.07) is 6.50. The molecular weight excluding hydrogens is 362 g/mol. The lowest BCUT2D eigenvalue weighted by atomic mass is 9.97. The van der Waals surface area contributed by atoms with E-state index in [1.165, 1.54) is 0 Å². The van der Waals surface area contributed by atoms with Crippen molar-refractivity contribution in [1.82, 2.24) is 0 Å². The molecule has 0 spiro atoms. The minimum Gasteiger partial charge on any atom is -0.462 e. The van der Waals surface area contributed by atoms with E-state index in [9.17, 15) is 20.1 Å². The van der Waals surface area contributed by atoms with Gasteiger partial charge in [0.1, 0.15) is 24.1 Å². The summed E-state index contributed by atoms with van der Waals surface area (Å²) >= 11 is 0.602. The highest BCUT2D eigenvalue weighted by atomic mass is 32.2. The Balaban J connectivity index is 2.00. The molecule has 0 aliphatic carbocycles. The third-order valence-electron chi connectivity index (χ3n) is 4.06. The van der Waals surface area contributed by atoms with Gasteiger partial charge in [0.25, 0.3) is 0 Å². The summed E-state index contributed by atoms with van der Waals surface area (Å²) in [6.45, 7) is 3.58. The molecule has 146 valence electrons. The fraction of sp³-hybridized carbons (Fsp3) is 0.588. The van der Waals surface area contributed by atoms with E-state index in [1.54, 1.807) is 38.1 Å². The smallest absolute Gasteiger partial charge is 0.229 e. The van der Waals surface area contributed by atoms with Crippen LogP contribution in [0.25, 0.3) is 0 Å². The summed E-state index contributed by atoms with van der Waals surface area (Å²) < 4.78 is 19.9. The Morgan fingerprint density at radius 3 is 2.42 bits per heavy atom. The van der Waals surface area contributed by atoms with Crippen molar-refractivity contribution in [3.8, 4) is 5.75 Å². The summed E-state index contributed by atoms with van der Waals surface area (Å²) in [5, 5.41) is 32.8.